The van der Waals surface area contributed by atoms with E-state index in [2.05, 4.69) is 49.2 Å². The third kappa shape index (κ3) is 4.72. The molecule has 0 fully saturated rings. The van der Waals surface area contributed by atoms with Crippen molar-refractivity contribution >= 4 is 23.4 Å². The van der Waals surface area contributed by atoms with E-state index >= 15 is 0 Å². The summed E-state index contributed by atoms with van der Waals surface area (Å²) in [6.07, 6.45) is 3.24. The number of nitrogen functional groups attached to an aromatic ring is 1. The van der Waals surface area contributed by atoms with Crippen LogP contribution in [0.3, 0.4) is 0 Å². The van der Waals surface area contributed by atoms with Crippen LogP contribution >= 0.6 is 11.8 Å². The van der Waals surface area contributed by atoms with Crippen molar-refractivity contribution in [2.75, 3.05) is 23.9 Å². The molecule has 1 unspecified atom stereocenters. The Balaban J connectivity index is 2.69. The SMILES string of the molecule is CSC(C)CCNc1cc(N)nc(C(C)(C)C)n1. The maximum absolute atomic E-state index is 5.82. The molecule has 0 amide bonds. The molecule has 0 aliphatic carbocycles. The Morgan fingerprint density at radius 1 is 1.39 bits per heavy atom. The van der Waals surface area contributed by atoms with Gasteiger partial charge in [0.25, 0.3) is 0 Å². The van der Waals surface area contributed by atoms with Crippen LogP contribution in [-0.4, -0.2) is 28.0 Å². The fraction of sp³-hybridized carbons (Fsp3) is 0.692. The molecule has 0 saturated carbocycles. The number of hydrogen-bond donors (Lipinski definition) is 2. The third-order valence-electron chi connectivity index (χ3n) is 2.68. The Morgan fingerprint density at radius 2 is 2.06 bits per heavy atom. The number of anilines is 2. The van der Waals surface area contributed by atoms with Crippen LogP contribution in [0.2, 0.25) is 0 Å². The van der Waals surface area contributed by atoms with Gasteiger partial charge in [0, 0.05) is 23.3 Å². The van der Waals surface area contributed by atoms with Crippen molar-refractivity contribution in [3.63, 3.8) is 0 Å². The molecule has 0 radical (unpaired) electrons. The quantitative estimate of drug-likeness (QED) is 0.859. The van der Waals surface area contributed by atoms with Crippen LogP contribution in [0, 0.1) is 0 Å². The Hall–Kier alpha value is -0.970. The van der Waals surface area contributed by atoms with Crippen LogP contribution in [0.1, 0.15) is 39.9 Å². The molecule has 0 aliphatic heterocycles. The smallest absolute Gasteiger partial charge is 0.138 e. The van der Waals surface area contributed by atoms with Crippen LogP contribution in [0.5, 0.6) is 0 Å². The lowest BCUT2D eigenvalue weighted by Crippen LogP contribution is -2.18. The molecule has 1 rings (SSSR count). The Kier molecular flexibility index (Phi) is 5.26. The number of rotatable bonds is 5. The van der Waals surface area contributed by atoms with Gasteiger partial charge < -0.3 is 11.1 Å². The molecule has 18 heavy (non-hydrogen) atoms. The molecule has 102 valence electrons. The van der Waals surface area contributed by atoms with Gasteiger partial charge in [0.1, 0.15) is 17.5 Å². The highest BCUT2D eigenvalue weighted by Gasteiger charge is 2.18. The monoisotopic (exact) mass is 268 g/mol. The summed E-state index contributed by atoms with van der Waals surface area (Å²) >= 11 is 1.87. The summed E-state index contributed by atoms with van der Waals surface area (Å²) in [6, 6.07) is 1.79. The van der Waals surface area contributed by atoms with Gasteiger partial charge in [-0.15, -0.1) is 0 Å². The van der Waals surface area contributed by atoms with Gasteiger partial charge in [0.05, 0.1) is 0 Å². The summed E-state index contributed by atoms with van der Waals surface area (Å²) in [7, 11) is 0. The molecule has 1 atom stereocenters. The van der Waals surface area contributed by atoms with Gasteiger partial charge in [-0.25, -0.2) is 9.97 Å². The summed E-state index contributed by atoms with van der Waals surface area (Å²) in [5.41, 5.74) is 5.73. The lowest BCUT2D eigenvalue weighted by atomic mass is 9.96. The Morgan fingerprint density at radius 3 is 2.61 bits per heavy atom. The largest absolute Gasteiger partial charge is 0.384 e. The van der Waals surface area contributed by atoms with Crippen LogP contribution in [0.4, 0.5) is 11.6 Å². The highest BCUT2D eigenvalue weighted by molar-refractivity contribution is 7.99. The second kappa shape index (κ2) is 6.27. The van der Waals surface area contributed by atoms with Crippen molar-refractivity contribution in [3.05, 3.63) is 11.9 Å². The fourth-order valence-corrected chi connectivity index (χ4v) is 1.77. The molecule has 1 aromatic heterocycles. The first-order valence-electron chi connectivity index (χ1n) is 6.24. The zero-order valence-corrected chi connectivity index (χ0v) is 12.8. The molecule has 0 aromatic carbocycles. The van der Waals surface area contributed by atoms with E-state index in [1.807, 2.05) is 11.8 Å². The maximum Gasteiger partial charge on any atom is 0.138 e. The molecule has 0 bridgehead atoms. The molecule has 1 heterocycles. The maximum atomic E-state index is 5.82. The van der Waals surface area contributed by atoms with Crippen LogP contribution in [0.15, 0.2) is 6.07 Å². The lowest BCUT2D eigenvalue weighted by molar-refractivity contribution is 0.547. The molecule has 0 saturated heterocycles. The van der Waals surface area contributed by atoms with E-state index in [4.69, 9.17) is 5.73 Å². The minimum atomic E-state index is -0.0849. The van der Waals surface area contributed by atoms with Crippen LogP contribution in [-0.2, 0) is 5.41 Å². The second-order valence-electron chi connectivity index (χ2n) is 5.51. The molecule has 0 spiro atoms. The molecule has 5 heteroatoms. The van der Waals surface area contributed by atoms with Crippen molar-refractivity contribution in [1.82, 2.24) is 9.97 Å². The first kappa shape index (κ1) is 15.1. The van der Waals surface area contributed by atoms with E-state index in [0.29, 0.717) is 11.1 Å². The molecule has 3 N–H and O–H groups in total. The van der Waals surface area contributed by atoms with Gasteiger partial charge in [0.15, 0.2) is 0 Å². The predicted octanol–water partition coefficient (Wildman–Crippen LogP) is 2.91. The van der Waals surface area contributed by atoms with Crippen molar-refractivity contribution in [3.8, 4) is 0 Å². The Bertz CT molecular complexity index is 387. The minimum absolute atomic E-state index is 0.0849. The third-order valence-corrected chi connectivity index (χ3v) is 3.72. The normalized spacial score (nSPS) is 13.4. The summed E-state index contributed by atoms with van der Waals surface area (Å²) < 4.78 is 0. The predicted molar refractivity (Wildman–Crippen MR) is 81.2 cm³/mol. The first-order chi connectivity index (χ1) is 8.32. The average Bonchev–Trinajstić information content (AvgIpc) is 2.27. The number of nitrogens with one attached hydrogen (secondary N) is 1. The van der Waals surface area contributed by atoms with Crippen molar-refractivity contribution in [2.24, 2.45) is 0 Å². The van der Waals surface area contributed by atoms with Crippen LogP contribution < -0.4 is 11.1 Å². The van der Waals surface area contributed by atoms with Crippen molar-refractivity contribution < 1.29 is 0 Å². The topological polar surface area (TPSA) is 63.8 Å². The lowest BCUT2D eigenvalue weighted by Gasteiger charge is -2.18. The number of thioether (sulfide) groups is 1. The van der Waals surface area contributed by atoms with Gasteiger partial charge >= 0.3 is 0 Å². The van der Waals surface area contributed by atoms with E-state index in [0.717, 1.165) is 24.6 Å². The number of hydrogen-bond acceptors (Lipinski definition) is 5. The first-order valence-corrected chi connectivity index (χ1v) is 7.53. The van der Waals surface area contributed by atoms with Crippen molar-refractivity contribution in [2.45, 2.75) is 44.8 Å². The van der Waals surface area contributed by atoms with E-state index in [9.17, 15) is 0 Å². The standard InChI is InChI=1S/C13H24N4S/c1-9(18-5)6-7-15-11-8-10(14)16-12(17-11)13(2,3)4/h8-9H,6-7H2,1-5H3,(H3,14,15,16,17). The summed E-state index contributed by atoms with van der Waals surface area (Å²) in [5.74, 6) is 2.12. The Labute approximate surface area is 114 Å². The van der Waals surface area contributed by atoms with E-state index in [-0.39, 0.29) is 5.41 Å². The number of aromatic nitrogens is 2. The van der Waals surface area contributed by atoms with Crippen molar-refractivity contribution in [1.29, 1.82) is 0 Å². The van der Waals surface area contributed by atoms with Crippen LogP contribution in [0.25, 0.3) is 0 Å². The number of nitrogens with zero attached hydrogens (tertiary/aromatic N) is 2. The zero-order chi connectivity index (χ0) is 13.8. The fourth-order valence-electron chi connectivity index (χ4n) is 1.41. The van der Waals surface area contributed by atoms with Gasteiger partial charge in [-0.2, -0.15) is 11.8 Å². The summed E-state index contributed by atoms with van der Waals surface area (Å²) in [4.78, 5) is 8.81. The van der Waals surface area contributed by atoms with Gasteiger partial charge in [0.2, 0.25) is 0 Å². The van der Waals surface area contributed by atoms with E-state index < -0.39 is 0 Å². The van der Waals surface area contributed by atoms with E-state index in [1.165, 1.54) is 0 Å². The highest BCUT2D eigenvalue weighted by atomic mass is 32.2. The average molecular weight is 268 g/mol. The van der Waals surface area contributed by atoms with E-state index in [1.54, 1.807) is 6.07 Å². The molecular formula is C13H24N4S. The highest BCUT2D eigenvalue weighted by Crippen LogP contribution is 2.21. The molecule has 1 aromatic rings. The molecular weight excluding hydrogens is 244 g/mol. The minimum Gasteiger partial charge on any atom is -0.384 e. The molecule has 0 aliphatic rings. The van der Waals surface area contributed by atoms with Gasteiger partial charge in [-0.05, 0) is 12.7 Å². The molecule has 4 nitrogen and oxygen atoms in total. The zero-order valence-electron chi connectivity index (χ0n) is 11.9. The summed E-state index contributed by atoms with van der Waals surface area (Å²) in [6.45, 7) is 9.38. The summed E-state index contributed by atoms with van der Waals surface area (Å²) in [5, 5.41) is 3.97. The van der Waals surface area contributed by atoms with Gasteiger partial charge in [-0.1, -0.05) is 27.7 Å². The van der Waals surface area contributed by atoms with Gasteiger partial charge in [-0.3, -0.25) is 0 Å². The number of nitrogens with two attached hydrogens (primary N) is 1. The second-order valence-corrected chi connectivity index (χ2v) is 6.79.